The molecular formula is C20H25N3O2. The fourth-order valence-electron chi connectivity index (χ4n) is 3.13. The van der Waals surface area contributed by atoms with Crippen LogP contribution in [0.4, 0.5) is 0 Å². The minimum Gasteiger partial charge on any atom is -0.497 e. The zero-order chi connectivity index (χ0) is 17.8. The Balaban J connectivity index is 1.67. The van der Waals surface area contributed by atoms with E-state index in [1.807, 2.05) is 31.2 Å². The summed E-state index contributed by atoms with van der Waals surface area (Å²) in [6.45, 7) is 4.67. The van der Waals surface area contributed by atoms with Gasteiger partial charge in [-0.1, -0.05) is 42.0 Å². The van der Waals surface area contributed by atoms with E-state index in [-0.39, 0.29) is 23.9 Å². The molecule has 25 heavy (non-hydrogen) atoms. The van der Waals surface area contributed by atoms with Gasteiger partial charge in [-0.2, -0.15) is 0 Å². The molecule has 0 aromatic heterocycles. The number of amides is 1. The number of hydrogen-bond donors (Lipinski definition) is 3. The predicted octanol–water partition coefficient (Wildman–Crippen LogP) is 2.65. The molecule has 5 heteroatoms. The average molecular weight is 339 g/mol. The van der Waals surface area contributed by atoms with Gasteiger partial charge >= 0.3 is 0 Å². The molecule has 0 radical (unpaired) electrons. The number of benzene rings is 2. The zero-order valence-corrected chi connectivity index (χ0v) is 14.9. The maximum Gasteiger partial charge on any atom is 0.226 e. The summed E-state index contributed by atoms with van der Waals surface area (Å²) in [6.07, 6.45) is 0. The van der Waals surface area contributed by atoms with Crippen LogP contribution in [0.2, 0.25) is 0 Å². The molecule has 1 aliphatic heterocycles. The minimum absolute atomic E-state index is 0.0244. The smallest absolute Gasteiger partial charge is 0.226 e. The molecule has 1 aliphatic rings. The van der Waals surface area contributed by atoms with Gasteiger partial charge < -0.3 is 10.1 Å². The normalized spacial score (nSPS) is 20.9. The average Bonchev–Trinajstić information content (AvgIpc) is 3.12. The molecule has 1 heterocycles. The molecule has 132 valence electrons. The van der Waals surface area contributed by atoms with E-state index in [1.54, 1.807) is 7.11 Å². The maximum absolute atomic E-state index is 12.8. The van der Waals surface area contributed by atoms with Gasteiger partial charge in [0.05, 0.1) is 25.1 Å². The van der Waals surface area contributed by atoms with E-state index in [1.165, 1.54) is 5.56 Å². The first-order valence-corrected chi connectivity index (χ1v) is 8.58. The van der Waals surface area contributed by atoms with Gasteiger partial charge in [-0.15, -0.1) is 0 Å². The topological polar surface area (TPSA) is 62.4 Å². The predicted molar refractivity (Wildman–Crippen MR) is 98.1 cm³/mol. The summed E-state index contributed by atoms with van der Waals surface area (Å²) in [7, 11) is 1.64. The fraction of sp³-hybridized carbons (Fsp3) is 0.350. The van der Waals surface area contributed by atoms with Crippen LogP contribution in [0.25, 0.3) is 0 Å². The lowest BCUT2D eigenvalue weighted by Gasteiger charge is -2.21. The number of nitrogens with one attached hydrogen (secondary N) is 3. The van der Waals surface area contributed by atoms with Gasteiger partial charge in [-0.3, -0.25) is 10.2 Å². The van der Waals surface area contributed by atoms with Gasteiger partial charge in [0, 0.05) is 6.54 Å². The Labute approximate surface area is 148 Å². The third-order valence-corrected chi connectivity index (χ3v) is 4.73. The number of hydrogen-bond acceptors (Lipinski definition) is 4. The number of ether oxygens (including phenoxy) is 1. The summed E-state index contributed by atoms with van der Waals surface area (Å²) < 4.78 is 5.18. The standard InChI is InChI=1S/C20H25N3O2/c1-13-4-6-16(7-5-13)19-18(12-21-23-19)20(24)22-14(2)15-8-10-17(25-3)11-9-15/h4-11,14,18-19,21,23H,12H2,1-3H3,(H,22,24). The Bertz CT molecular complexity index is 713. The molecule has 0 bridgehead atoms. The van der Waals surface area contributed by atoms with Crippen LogP contribution in [0.15, 0.2) is 48.5 Å². The highest BCUT2D eigenvalue weighted by Gasteiger charge is 2.34. The molecule has 0 spiro atoms. The Hall–Kier alpha value is -2.37. The second-order valence-electron chi connectivity index (χ2n) is 6.52. The van der Waals surface area contributed by atoms with Crippen molar-refractivity contribution in [3.63, 3.8) is 0 Å². The first kappa shape index (κ1) is 17.5. The van der Waals surface area contributed by atoms with Crippen LogP contribution in [0.1, 0.15) is 35.7 Å². The van der Waals surface area contributed by atoms with Crippen molar-refractivity contribution in [3.05, 3.63) is 65.2 Å². The number of carbonyl (C=O) groups excluding carboxylic acids is 1. The highest BCUT2D eigenvalue weighted by molar-refractivity contribution is 5.80. The number of rotatable bonds is 5. The van der Waals surface area contributed by atoms with Gasteiger partial charge in [0.2, 0.25) is 5.91 Å². The molecule has 5 nitrogen and oxygen atoms in total. The third kappa shape index (κ3) is 4.00. The summed E-state index contributed by atoms with van der Waals surface area (Å²) >= 11 is 0. The molecule has 2 aromatic rings. The van der Waals surface area contributed by atoms with E-state index >= 15 is 0 Å². The van der Waals surface area contributed by atoms with Crippen LogP contribution < -0.4 is 20.9 Å². The van der Waals surface area contributed by atoms with Gasteiger partial charge in [0.15, 0.2) is 0 Å². The minimum atomic E-state index is -0.150. The van der Waals surface area contributed by atoms with E-state index in [0.717, 1.165) is 16.9 Å². The fourth-order valence-corrected chi connectivity index (χ4v) is 3.13. The highest BCUT2D eigenvalue weighted by Crippen LogP contribution is 2.26. The zero-order valence-electron chi connectivity index (χ0n) is 14.9. The van der Waals surface area contributed by atoms with Gasteiger partial charge in [-0.05, 0) is 37.1 Å². The first-order chi connectivity index (χ1) is 12.1. The van der Waals surface area contributed by atoms with Gasteiger partial charge in [0.25, 0.3) is 0 Å². The highest BCUT2D eigenvalue weighted by atomic mass is 16.5. The molecule has 3 rings (SSSR count). The summed E-state index contributed by atoms with van der Waals surface area (Å²) in [5, 5.41) is 3.13. The lowest BCUT2D eigenvalue weighted by molar-refractivity contribution is -0.125. The Morgan fingerprint density at radius 1 is 1.16 bits per heavy atom. The Kier molecular flexibility index (Phi) is 5.36. The Morgan fingerprint density at radius 2 is 1.84 bits per heavy atom. The summed E-state index contributed by atoms with van der Waals surface area (Å²) in [5.41, 5.74) is 9.73. The quantitative estimate of drug-likeness (QED) is 0.784. The lowest BCUT2D eigenvalue weighted by atomic mass is 9.93. The molecule has 3 unspecified atom stereocenters. The van der Waals surface area contributed by atoms with Crippen molar-refractivity contribution >= 4 is 5.91 Å². The molecular weight excluding hydrogens is 314 g/mol. The maximum atomic E-state index is 12.8. The molecule has 1 amide bonds. The second kappa shape index (κ2) is 7.68. The molecule has 2 aromatic carbocycles. The first-order valence-electron chi connectivity index (χ1n) is 8.58. The van der Waals surface area contributed by atoms with Crippen molar-refractivity contribution in [2.24, 2.45) is 5.92 Å². The monoisotopic (exact) mass is 339 g/mol. The van der Waals surface area contributed by atoms with E-state index in [9.17, 15) is 4.79 Å². The van der Waals surface area contributed by atoms with Crippen molar-refractivity contribution in [3.8, 4) is 5.75 Å². The lowest BCUT2D eigenvalue weighted by Crippen LogP contribution is -2.36. The summed E-state index contributed by atoms with van der Waals surface area (Å²) in [5.74, 6) is 0.709. The van der Waals surface area contributed by atoms with Crippen LogP contribution in [0.3, 0.4) is 0 Å². The van der Waals surface area contributed by atoms with Crippen LogP contribution in [-0.2, 0) is 4.79 Å². The van der Waals surface area contributed by atoms with E-state index in [2.05, 4.69) is 47.4 Å². The van der Waals surface area contributed by atoms with Crippen LogP contribution in [0.5, 0.6) is 5.75 Å². The second-order valence-corrected chi connectivity index (χ2v) is 6.52. The number of hydrazine groups is 1. The molecule has 3 N–H and O–H groups in total. The van der Waals surface area contributed by atoms with Crippen molar-refractivity contribution in [2.75, 3.05) is 13.7 Å². The van der Waals surface area contributed by atoms with Crippen LogP contribution in [0, 0.1) is 12.8 Å². The van der Waals surface area contributed by atoms with Crippen LogP contribution >= 0.6 is 0 Å². The molecule has 1 fully saturated rings. The number of carbonyl (C=O) groups is 1. The SMILES string of the molecule is COc1ccc(C(C)NC(=O)C2CNNC2c2ccc(C)cc2)cc1. The van der Waals surface area contributed by atoms with Gasteiger partial charge in [0.1, 0.15) is 5.75 Å². The summed E-state index contributed by atoms with van der Waals surface area (Å²) in [4.78, 5) is 12.8. The molecule has 0 aliphatic carbocycles. The molecule has 3 atom stereocenters. The van der Waals surface area contributed by atoms with Crippen molar-refractivity contribution < 1.29 is 9.53 Å². The van der Waals surface area contributed by atoms with E-state index < -0.39 is 0 Å². The third-order valence-electron chi connectivity index (χ3n) is 4.73. The Morgan fingerprint density at radius 3 is 2.48 bits per heavy atom. The van der Waals surface area contributed by atoms with Crippen LogP contribution in [-0.4, -0.2) is 19.6 Å². The largest absolute Gasteiger partial charge is 0.497 e. The number of aryl methyl sites for hydroxylation is 1. The van der Waals surface area contributed by atoms with E-state index in [4.69, 9.17) is 4.74 Å². The van der Waals surface area contributed by atoms with Crippen molar-refractivity contribution in [2.45, 2.75) is 25.9 Å². The number of methoxy groups -OCH3 is 1. The summed E-state index contributed by atoms with van der Waals surface area (Å²) in [6, 6.07) is 16.0. The molecule has 1 saturated heterocycles. The van der Waals surface area contributed by atoms with Gasteiger partial charge in [-0.25, -0.2) is 5.43 Å². The van der Waals surface area contributed by atoms with Crippen molar-refractivity contribution in [1.82, 2.24) is 16.2 Å². The molecule has 0 saturated carbocycles. The van der Waals surface area contributed by atoms with E-state index in [0.29, 0.717) is 6.54 Å². The van der Waals surface area contributed by atoms with Crippen molar-refractivity contribution in [1.29, 1.82) is 0 Å².